The number of rotatable bonds is 21. The molecule has 21 nitrogen and oxygen atoms in total. The minimum Gasteiger partial charge on any atom is -0.481 e. The van der Waals surface area contributed by atoms with E-state index in [0.717, 1.165) is 64.2 Å². The van der Waals surface area contributed by atoms with Gasteiger partial charge in [-0.25, -0.2) is 4.79 Å². The minimum atomic E-state index is -1.67. The Hall–Kier alpha value is -2.64. The summed E-state index contributed by atoms with van der Waals surface area (Å²) >= 11 is 0. The highest BCUT2D eigenvalue weighted by Gasteiger charge is 2.66. The largest absolute Gasteiger partial charge is 0.481 e. The van der Waals surface area contributed by atoms with Crippen LogP contribution < -0.4 is 10.6 Å². The molecule has 10 unspecified atom stereocenters. The van der Waals surface area contributed by atoms with Crippen molar-refractivity contribution in [1.82, 2.24) is 10.6 Å². The van der Waals surface area contributed by atoms with Crippen molar-refractivity contribution >= 4 is 23.8 Å². The third-order valence-electron chi connectivity index (χ3n) is 21.4. The summed E-state index contributed by atoms with van der Waals surface area (Å²) in [5.41, 5.74) is -0.483. The van der Waals surface area contributed by atoms with E-state index in [1.165, 1.54) is 13.8 Å². The molecule has 6 aliphatic carbocycles. The standard InChI is InChI=1S/C58H96N2O19/c1-7-32-22-33(53(71)59-19-20-74-35-17-18-57(5)34(24-35)25-39(63)45-37-15-14-36(28(2)13-16-44(65)66)58(37,6)43(64)26-38(45)57)23-40(51(32)79-56-50(70)49(69)47(67)29(3)75-56)77-55-46(60-30(4)62)52(48(68)42(27-61)78-55)76-41(54(72)73)21-31-11-9-8-10-12-31/h28-29,31-43,45-52,55-56,61,63-64,67-70H,7-27H2,1-6H3,(H,59,71)(H,60,62)(H,65,66)(H,72,73)/t28-,29+,32?,33?,34?,35-,36-,37?,38?,39-,40-,41+,42+,43+,45?,46?,47?,48+,49+,50+,51-,52?,55-,56?,57+,58-/m1/s1. The Morgan fingerprint density at radius 1 is 0.797 bits per heavy atom. The summed E-state index contributed by atoms with van der Waals surface area (Å²) in [6.45, 7) is 11.0. The van der Waals surface area contributed by atoms with Crippen LogP contribution in [0.4, 0.5) is 0 Å². The van der Waals surface area contributed by atoms with Crippen LogP contribution in [-0.4, -0.2) is 187 Å². The van der Waals surface area contributed by atoms with Crippen molar-refractivity contribution in [1.29, 1.82) is 0 Å². The van der Waals surface area contributed by atoms with Crippen molar-refractivity contribution in [3.05, 3.63) is 0 Å². The molecule has 0 bridgehead atoms. The summed E-state index contributed by atoms with van der Waals surface area (Å²) in [4.78, 5) is 51.4. The molecule has 11 N–H and O–H groups in total. The fourth-order valence-corrected chi connectivity index (χ4v) is 16.9. The molecule has 26 atom stereocenters. The zero-order chi connectivity index (χ0) is 57.2. The third-order valence-corrected chi connectivity index (χ3v) is 21.4. The van der Waals surface area contributed by atoms with Gasteiger partial charge in [0.05, 0.1) is 49.8 Å². The van der Waals surface area contributed by atoms with E-state index in [4.69, 9.17) is 28.4 Å². The van der Waals surface area contributed by atoms with Gasteiger partial charge in [0, 0.05) is 25.8 Å². The number of aliphatic hydroxyl groups excluding tert-OH is 7. The van der Waals surface area contributed by atoms with Crippen molar-refractivity contribution in [3.8, 4) is 0 Å². The Labute approximate surface area is 465 Å². The second-order valence-corrected chi connectivity index (χ2v) is 26.0. The molecular weight excluding hydrogens is 1030 g/mol. The van der Waals surface area contributed by atoms with Crippen molar-refractivity contribution in [3.63, 3.8) is 0 Å². The zero-order valence-corrected chi connectivity index (χ0v) is 47.4. The average Bonchev–Trinajstić information content (AvgIpc) is 4.08. The number of fused-ring (bicyclic) bond motifs is 5. The first-order valence-corrected chi connectivity index (χ1v) is 30.1. The monoisotopic (exact) mass is 1120 g/mol. The summed E-state index contributed by atoms with van der Waals surface area (Å²) in [6.07, 6.45) is -5.78. The van der Waals surface area contributed by atoms with Crippen LogP contribution in [0.25, 0.3) is 0 Å². The molecule has 8 aliphatic rings. The molecule has 6 saturated carbocycles. The van der Waals surface area contributed by atoms with E-state index in [0.29, 0.717) is 32.1 Å². The highest BCUT2D eigenvalue weighted by molar-refractivity contribution is 5.79. The van der Waals surface area contributed by atoms with E-state index in [1.54, 1.807) is 0 Å². The number of carbonyl (C=O) groups excluding carboxylic acids is 2. The topological polar surface area (TPSA) is 330 Å². The van der Waals surface area contributed by atoms with Gasteiger partial charge in [0.15, 0.2) is 18.7 Å². The molecule has 21 heteroatoms. The van der Waals surface area contributed by atoms with Crippen molar-refractivity contribution in [2.24, 2.45) is 64.1 Å². The van der Waals surface area contributed by atoms with E-state index >= 15 is 0 Å². The van der Waals surface area contributed by atoms with Crippen LogP contribution in [0.5, 0.6) is 0 Å². The summed E-state index contributed by atoms with van der Waals surface area (Å²) in [7, 11) is 0. The van der Waals surface area contributed by atoms with Gasteiger partial charge >= 0.3 is 11.9 Å². The second-order valence-electron chi connectivity index (χ2n) is 26.0. The molecule has 0 aromatic carbocycles. The van der Waals surface area contributed by atoms with Crippen LogP contribution in [0.2, 0.25) is 0 Å². The fourth-order valence-electron chi connectivity index (χ4n) is 16.9. The smallest absolute Gasteiger partial charge is 0.332 e. The number of carboxylic acid groups (broad SMARTS) is 2. The molecule has 2 heterocycles. The molecule has 452 valence electrons. The lowest BCUT2D eigenvalue weighted by Crippen LogP contribution is -2.67. The predicted molar refractivity (Wildman–Crippen MR) is 282 cm³/mol. The second kappa shape index (κ2) is 26.5. The van der Waals surface area contributed by atoms with Gasteiger partial charge in [0.2, 0.25) is 11.8 Å². The lowest BCUT2D eigenvalue weighted by molar-refractivity contribution is -0.338. The van der Waals surface area contributed by atoms with E-state index in [1.807, 2.05) is 6.92 Å². The Balaban J connectivity index is 0.932. The first-order valence-electron chi connectivity index (χ1n) is 30.1. The molecule has 0 radical (unpaired) electrons. The molecule has 0 aromatic heterocycles. The van der Waals surface area contributed by atoms with E-state index in [-0.39, 0.29) is 96.7 Å². The number of hydrogen-bond donors (Lipinski definition) is 11. The molecule has 0 aromatic rings. The number of carbonyl (C=O) groups is 4. The molecule has 2 amide bonds. The maximum atomic E-state index is 14.3. The molecule has 2 saturated heterocycles. The van der Waals surface area contributed by atoms with Gasteiger partial charge in [0.25, 0.3) is 0 Å². The average molecular weight is 1130 g/mol. The number of amides is 2. The first kappa shape index (κ1) is 62.4. The number of aliphatic carboxylic acids is 2. The maximum Gasteiger partial charge on any atom is 0.332 e. The Kier molecular flexibility index (Phi) is 20.9. The fraction of sp³-hybridized carbons (Fsp3) is 0.931. The summed E-state index contributed by atoms with van der Waals surface area (Å²) in [6, 6.07) is -1.32. The first-order chi connectivity index (χ1) is 37.5. The van der Waals surface area contributed by atoms with Crippen LogP contribution in [0.15, 0.2) is 0 Å². The van der Waals surface area contributed by atoms with Gasteiger partial charge in [-0.1, -0.05) is 66.2 Å². The van der Waals surface area contributed by atoms with Crippen molar-refractivity contribution in [2.75, 3.05) is 19.8 Å². The molecular formula is C58H96N2O19. The highest BCUT2D eigenvalue weighted by atomic mass is 16.7. The summed E-state index contributed by atoms with van der Waals surface area (Å²) in [5, 5.41) is 104. The summed E-state index contributed by atoms with van der Waals surface area (Å²) < 4.78 is 38.1. The van der Waals surface area contributed by atoms with Crippen LogP contribution in [0, 0.1) is 64.1 Å². The van der Waals surface area contributed by atoms with E-state index in [2.05, 4.69) is 31.4 Å². The van der Waals surface area contributed by atoms with Crippen LogP contribution >= 0.6 is 0 Å². The zero-order valence-electron chi connectivity index (χ0n) is 47.4. The number of aliphatic hydroxyl groups is 7. The third kappa shape index (κ3) is 13.3. The minimum absolute atomic E-state index is 0.00778. The van der Waals surface area contributed by atoms with Crippen LogP contribution in [0.1, 0.15) is 157 Å². The maximum absolute atomic E-state index is 14.3. The normalized spacial score (nSPS) is 45.3. The predicted octanol–water partition coefficient (Wildman–Crippen LogP) is 3.01. The number of ether oxygens (including phenoxy) is 6. The Bertz CT molecular complexity index is 2050. The molecule has 8 rings (SSSR count). The van der Waals surface area contributed by atoms with Crippen LogP contribution in [-0.2, 0) is 47.6 Å². The quantitative estimate of drug-likeness (QED) is 0.0736. The SMILES string of the molecule is CCC1CC(C(=O)NCCO[C@@H]2CC[C@@]3(C)C(C2)C[C@@H](O)C2C3C[C@H](O)[C@@]3(C)C2CC[C@@H]3[C@H](C)CCC(=O)O)C[C@@H](O[C@@H]2O[C@@H](CO)[C@H](O)C(O[C@@H](CC3CCCCC3)C(=O)O)C2NC(C)=O)[C@@H]1OC1O[C@@H](C)C(O)[C@H](O)[C@@H]1O. The molecule has 2 aliphatic heterocycles. The van der Waals surface area contributed by atoms with Gasteiger partial charge in [-0.3, -0.25) is 14.4 Å². The van der Waals surface area contributed by atoms with Gasteiger partial charge in [0.1, 0.15) is 42.7 Å². The molecule has 8 fully saturated rings. The lowest BCUT2D eigenvalue weighted by Gasteiger charge is -2.63. The van der Waals surface area contributed by atoms with E-state index in [9.17, 15) is 65.1 Å². The number of carboxylic acids is 2. The Morgan fingerprint density at radius 2 is 1.53 bits per heavy atom. The van der Waals surface area contributed by atoms with Gasteiger partial charge in [-0.2, -0.15) is 0 Å². The van der Waals surface area contributed by atoms with Gasteiger partial charge < -0.3 is 85.0 Å². The van der Waals surface area contributed by atoms with Gasteiger partial charge in [-0.15, -0.1) is 0 Å². The van der Waals surface area contributed by atoms with Crippen LogP contribution in [0.3, 0.4) is 0 Å². The lowest BCUT2D eigenvalue weighted by atomic mass is 9.43. The van der Waals surface area contributed by atoms with Gasteiger partial charge in [-0.05, 0) is 136 Å². The van der Waals surface area contributed by atoms with Crippen molar-refractivity contribution in [2.45, 2.75) is 255 Å². The van der Waals surface area contributed by atoms with E-state index < -0.39 is 128 Å². The Morgan fingerprint density at radius 3 is 2.20 bits per heavy atom. The molecule has 0 spiro atoms. The summed E-state index contributed by atoms with van der Waals surface area (Å²) in [5.74, 6) is -3.09. The number of nitrogens with one attached hydrogen (secondary N) is 2. The highest BCUT2D eigenvalue weighted by Crippen LogP contribution is 2.68. The number of hydrogen-bond acceptors (Lipinski definition) is 17. The molecule has 79 heavy (non-hydrogen) atoms. The van der Waals surface area contributed by atoms with Crippen molar-refractivity contribution < 1.29 is 93.6 Å².